The van der Waals surface area contributed by atoms with Crippen molar-refractivity contribution in [2.75, 3.05) is 13.1 Å². The second-order valence-electron chi connectivity index (χ2n) is 6.95. The molecule has 0 bridgehead atoms. The number of nitrogens with zero attached hydrogens (tertiary/aromatic N) is 2. The lowest BCUT2D eigenvalue weighted by molar-refractivity contribution is 0.0762. The quantitative estimate of drug-likeness (QED) is 0.941. The molecule has 1 aromatic carbocycles. The zero-order valence-corrected chi connectivity index (χ0v) is 14.9. The average molecular weight is 326 g/mol. The van der Waals surface area contributed by atoms with Crippen molar-refractivity contribution in [1.29, 1.82) is 0 Å². The molecule has 1 amide bonds. The number of aryl methyl sites for hydroxylation is 2. The van der Waals surface area contributed by atoms with Gasteiger partial charge in [0.05, 0.1) is 11.7 Å². The van der Waals surface area contributed by atoms with E-state index in [1.165, 1.54) is 5.56 Å². The SMILES string of the molecule is Cc1ccccc1-n1c(C)cc(C(=O)N2CCC(C(C)O)C2)c1C. The molecule has 4 nitrogen and oxygen atoms in total. The minimum atomic E-state index is -0.359. The predicted octanol–water partition coefficient (Wildman–Crippen LogP) is 3.25. The lowest BCUT2D eigenvalue weighted by Crippen LogP contribution is -2.30. The molecule has 4 heteroatoms. The molecule has 128 valence electrons. The highest BCUT2D eigenvalue weighted by Crippen LogP contribution is 2.27. The third kappa shape index (κ3) is 2.86. The minimum absolute atomic E-state index is 0.0751. The van der Waals surface area contributed by atoms with Crippen molar-refractivity contribution in [1.82, 2.24) is 9.47 Å². The smallest absolute Gasteiger partial charge is 0.255 e. The van der Waals surface area contributed by atoms with Crippen molar-refractivity contribution in [3.05, 3.63) is 52.8 Å². The lowest BCUT2D eigenvalue weighted by atomic mass is 10.0. The molecule has 24 heavy (non-hydrogen) atoms. The van der Waals surface area contributed by atoms with Crippen molar-refractivity contribution in [3.8, 4) is 5.69 Å². The zero-order valence-electron chi connectivity index (χ0n) is 14.9. The molecule has 2 atom stereocenters. The van der Waals surface area contributed by atoms with Crippen LogP contribution in [-0.2, 0) is 0 Å². The average Bonchev–Trinajstić information content (AvgIpc) is 3.13. The number of rotatable bonds is 3. The van der Waals surface area contributed by atoms with Gasteiger partial charge in [-0.1, -0.05) is 18.2 Å². The molecule has 2 aromatic rings. The Labute approximate surface area is 143 Å². The van der Waals surface area contributed by atoms with Crippen LogP contribution in [0.1, 0.15) is 40.7 Å². The van der Waals surface area contributed by atoms with E-state index in [2.05, 4.69) is 23.6 Å². The number of carbonyl (C=O) groups is 1. The van der Waals surface area contributed by atoms with Crippen LogP contribution in [0, 0.1) is 26.7 Å². The Morgan fingerprint density at radius 1 is 1.25 bits per heavy atom. The fraction of sp³-hybridized carbons (Fsp3) is 0.450. The molecule has 0 radical (unpaired) electrons. The fourth-order valence-corrected chi connectivity index (χ4v) is 3.70. The van der Waals surface area contributed by atoms with Gasteiger partial charge in [0.25, 0.3) is 5.91 Å². The highest BCUT2D eigenvalue weighted by Gasteiger charge is 2.31. The van der Waals surface area contributed by atoms with Crippen LogP contribution in [0.15, 0.2) is 30.3 Å². The molecule has 3 rings (SSSR count). The Morgan fingerprint density at radius 3 is 2.58 bits per heavy atom. The molecule has 1 N–H and O–H groups in total. The van der Waals surface area contributed by atoms with Gasteiger partial charge in [-0.3, -0.25) is 4.79 Å². The molecule has 0 spiro atoms. The van der Waals surface area contributed by atoms with Crippen LogP contribution in [0.25, 0.3) is 5.69 Å². The maximum Gasteiger partial charge on any atom is 0.255 e. The van der Waals surface area contributed by atoms with Crippen molar-refractivity contribution in [3.63, 3.8) is 0 Å². The Balaban J connectivity index is 1.92. The second kappa shape index (κ2) is 6.44. The normalized spacial score (nSPS) is 18.9. The van der Waals surface area contributed by atoms with E-state index in [0.717, 1.165) is 35.6 Å². The van der Waals surface area contributed by atoms with E-state index >= 15 is 0 Å². The van der Waals surface area contributed by atoms with Crippen LogP contribution in [-0.4, -0.2) is 39.7 Å². The largest absolute Gasteiger partial charge is 0.393 e. The van der Waals surface area contributed by atoms with E-state index in [0.29, 0.717) is 6.54 Å². The van der Waals surface area contributed by atoms with E-state index in [4.69, 9.17) is 0 Å². The van der Waals surface area contributed by atoms with Crippen LogP contribution in [0.2, 0.25) is 0 Å². The van der Waals surface area contributed by atoms with E-state index in [9.17, 15) is 9.90 Å². The van der Waals surface area contributed by atoms with Gasteiger partial charge >= 0.3 is 0 Å². The first kappa shape index (κ1) is 16.8. The number of hydrogen-bond donors (Lipinski definition) is 1. The van der Waals surface area contributed by atoms with Gasteiger partial charge < -0.3 is 14.6 Å². The molecule has 1 saturated heterocycles. The highest BCUT2D eigenvalue weighted by molar-refractivity contribution is 5.96. The van der Waals surface area contributed by atoms with Gasteiger partial charge in [0.2, 0.25) is 0 Å². The van der Waals surface area contributed by atoms with Gasteiger partial charge in [-0.05, 0) is 51.8 Å². The molecule has 1 fully saturated rings. The summed E-state index contributed by atoms with van der Waals surface area (Å²) in [6, 6.07) is 10.2. The summed E-state index contributed by atoms with van der Waals surface area (Å²) in [5.41, 5.74) is 5.12. The van der Waals surface area contributed by atoms with E-state index < -0.39 is 0 Å². The van der Waals surface area contributed by atoms with Gasteiger partial charge in [0.1, 0.15) is 0 Å². The number of aromatic nitrogens is 1. The summed E-state index contributed by atoms with van der Waals surface area (Å²) in [5.74, 6) is 0.264. The van der Waals surface area contributed by atoms with E-state index in [1.54, 1.807) is 0 Å². The Morgan fingerprint density at radius 2 is 1.96 bits per heavy atom. The summed E-state index contributed by atoms with van der Waals surface area (Å²) in [4.78, 5) is 14.8. The molecule has 2 unspecified atom stereocenters. The predicted molar refractivity (Wildman–Crippen MR) is 95.7 cm³/mol. The van der Waals surface area contributed by atoms with Crippen LogP contribution in [0.3, 0.4) is 0 Å². The summed E-state index contributed by atoms with van der Waals surface area (Å²) in [5, 5.41) is 9.76. The molecular formula is C20H26N2O2. The third-order valence-corrected chi connectivity index (χ3v) is 5.21. The lowest BCUT2D eigenvalue weighted by Gasteiger charge is -2.18. The monoisotopic (exact) mass is 326 g/mol. The third-order valence-electron chi connectivity index (χ3n) is 5.21. The van der Waals surface area contributed by atoms with E-state index in [1.807, 2.05) is 43.9 Å². The van der Waals surface area contributed by atoms with Crippen molar-refractivity contribution < 1.29 is 9.90 Å². The molecular weight excluding hydrogens is 300 g/mol. The molecule has 0 aliphatic carbocycles. The Kier molecular flexibility index (Phi) is 4.50. The van der Waals surface area contributed by atoms with Crippen molar-refractivity contribution >= 4 is 5.91 Å². The molecule has 0 saturated carbocycles. The maximum absolute atomic E-state index is 12.9. The Hall–Kier alpha value is -2.07. The van der Waals surface area contributed by atoms with E-state index in [-0.39, 0.29) is 17.9 Å². The first-order chi connectivity index (χ1) is 11.4. The number of aliphatic hydroxyl groups excluding tert-OH is 1. The molecule has 1 aliphatic rings. The van der Waals surface area contributed by atoms with Crippen LogP contribution >= 0.6 is 0 Å². The van der Waals surface area contributed by atoms with Crippen molar-refractivity contribution in [2.24, 2.45) is 5.92 Å². The number of hydrogen-bond acceptors (Lipinski definition) is 2. The van der Waals surface area contributed by atoms with Crippen molar-refractivity contribution in [2.45, 2.75) is 40.2 Å². The molecule has 1 aromatic heterocycles. The number of para-hydroxylation sites is 1. The number of aliphatic hydroxyl groups is 1. The highest BCUT2D eigenvalue weighted by atomic mass is 16.3. The zero-order chi connectivity index (χ0) is 17.4. The van der Waals surface area contributed by atoms with Gasteiger partial charge in [0, 0.05) is 36.1 Å². The Bertz CT molecular complexity index is 761. The number of amides is 1. The number of likely N-dealkylation sites (tertiary alicyclic amines) is 1. The summed E-state index contributed by atoms with van der Waals surface area (Å²) in [6.07, 6.45) is 0.516. The summed E-state index contributed by atoms with van der Waals surface area (Å²) < 4.78 is 2.16. The molecule has 1 aliphatic heterocycles. The van der Waals surface area contributed by atoms with Crippen LogP contribution in [0.4, 0.5) is 0 Å². The first-order valence-corrected chi connectivity index (χ1v) is 8.62. The molecule has 2 heterocycles. The maximum atomic E-state index is 12.9. The second-order valence-corrected chi connectivity index (χ2v) is 6.95. The standard InChI is InChI=1S/C20H26N2O2/c1-13-7-5-6-8-19(13)22-14(2)11-18(15(22)3)20(24)21-10-9-17(12-21)16(4)23/h5-8,11,16-17,23H,9-10,12H2,1-4H3. The summed E-state index contributed by atoms with van der Waals surface area (Å²) in [7, 11) is 0. The van der Waals surface area contributed by atoms with Crippen LogP contribution < -0.4 is 0 Å². The summed E-state index contributed by atoms with van der Waals surface area (Å²) in [6.45, 7) is 9.31. The summed E-state index contributed by atoms with van der Waals surface area (Å²) >= 11 is 0. The first-order valence-electron chi connectivity index (χ1n) is 8.62. The number of carbonyl (C=O) groups excluding carboxylic acids is 1. The fourth-order valence-electron chi connectivity index (χ4n) is 3.70. The minimum Gasteiger partial charge on any atom is -0.393 e. The number of benzene rings is 1. The topological polar surface area (TPSA) is 45.5 Å². The van der Waals surface area contributed by atoms with Crippen LogP contribution in [0.5, 0.6) is 0 Å². The van der Waals surface area contributed by atoms with Gasteiger partial charge in [-0.2, -0.15) is 0 Å². The van der Waals surface area contributed by atoms with Gasteiger partial charge in [0.15, 0.2) is 0 Å². The van der Waals surface area contributed by atoms with Gasteiger partial charge in [-0.15, -0.1) is 0 Å². The van der Waals surface area contributed by atoms with Gasteiger partial charge in [-0.25, -0.2) is 0 Å².